The molecule has 0 radical (unpaired) electrons. The van der Waals surface area contributed by atoms with Crippen LogP contribution in [0.25, 0.3) is 0 Å². The lowest BCUT2D eigenvalue weighted by Gasteiger charge is -2.33. The van der Waals surface area contributed by atoms with Crippen molar-refractivity contribution in [3.05, 3.63) is 59.7 Å². The average molecular weight is 397 g/mol. The number of hydrogen-bond acceptors (Lipinski definition) is 6. The van der Waals surface area contributed by atoms with Gasteiger partial charge < -0.3 is 15.0 Å². The van der Waals surface area contributed by atoms with E-state index in [4.69, 9.17) is 4.74 Å². The van der Waals surface area contributed by atoms with Crippen molar-refractivity contribution in [2.24, 2.45) is 0 Å². The molecule has 2 aromatic rings. The summed E-state index contributed by atoms with van der Waals surface area (Å²) in [5, 5.41) is 2.86. The summed E-state index contributed by atoms with van der Waals surface area (Å²) in [4.78, 5) is 37.2. The van der Waals surface area contributed by atoms with Crippen molar-refractivity contribution in [3.63, 3.8) is 0 Å². The highest BCUT2D eigenvalue weighted by atomic mass is 16.5. The molecule has 3 heterocycles. The molecule has 29 heavy (non-hydrogen) atoms. The van der Waals surface area contributed by atoms with Crippen molar-refractivity contribution in [2.45, 2.75) is 26.1 Å². The maximum absolute atomic E-state index is 12.7. The van der Waals surface area contributed by atoms with Gasteiger partial charge in [0.15, 0.2) is 6.10 Å². The molecule has 8 heteroatoms. The largest absolute Gasteiger partial charge is 0.365 e. The van der Waals surface area contributed by atoms with Crippen LogP contribution in [0.15, 0.2) is 42.9 Å². The summed E-state index contributed by atoms with van der Waals surface area (Å²) in [5.41, 5.74) is 2.89. The molecule has 8 nitrogen and oxygen atoms in total. The minimum atomic E-state index is -0.666. The van der Waals surface area contributed by atoms with Gasteiger partial charge in [0.25, 0.3) is 5.91 Å². The molecule has 2 aromatic heterocycles. The Balaban J connectivity index is 1.48. The molecule has 3 rings (SSSR count). The van der Waals surface area contributed by atoms with E-state index in [1.54, 1.807) is 23.5 Å². The third kappa shape index (κ3) is 6.07. The molecule has 1 N–H and O–H groups in total. The van der Waals surface area contributed by atoms with Crippen LogP contribution in [0.5, 0.6) is 0 Å². The Morgan fingerprint density at radius 1 is 1.31 bits per heavy atom. The van der Waals surface area contributed by atoms with Gasteiger partial charge in [0.2, 0.25) is 5.91 Å². The fourth-order valence-electron chi connectivity index (χ4n) is 3.21. The number of nitrogens with one attached hydrogen (secondary N) is 1. The molecule has 0 spiro atoms. The van der Waals surface area contributed by atoms with Crippen LogP contribution >= 0.6 is 0 Å². The summed E-state index contributed by atoms with van der Waals surface area (Å²) < 4.78 is 5.59. The predicted octanol–water partition coefficient (Wildman–Crippen LogP) is 0.761. The summed E-state index contributed by atoms with van der Waals surface area (Å²) in [7, 11) is 1.89. The van der Waals surface area contributed by atoms with Gasteiger partial charge >= 0.3 is 0 Å². The van der Waals surface area contributed by atoms with E-state index >= 15 is 0 Å². The quantitative estimate of drug-likeness (QED) is 0.742. The first-order chi connectivity index (χ1) is 14.0. The van der Waals surface area contributed by atoms with Crippen LogP contribution in [0.3, 0.4) is 0 Å². The molecule has 1 atom stereocenters. The number of hydrogen-bond donors (Lipinski definition) is 1. The predicted molar refractivity (Wildman–Crippen MR) is 108 cm³/mol. The zero-order valence-electron chi connectivity index (χ0n) is 16.9. The van der Waals surface area contributed by atoms with Gasteiger partial charge in [-0.1, -0.05) is 12.1 Å². The first-order valence-corrected chi connectivity index (χ1v) is 9.68. The number of nitrogens with zero attached hydrogens (tertiary/aromatic N) is 4. The number of morpholine rings is 1. The number of aromatic nitrogens is 2. The topological polar surface area (TPSA) is 87.7 Å². The number of rotatable bonds is 7. The van der Waals surface area contributed by atoms with Crippen molar-refractivity contribution < 1.29 is 14.3 Å². The number of carbonyl (C=O) groups excluding carboxylic acids is 2. The molecule has 2 amide bonds. The Labute approximate surface area is 170 Å². The second-order valence-electron chi connectivity index (χ2n) is 7.22. The van der Waals surface area contributed by atoms with Gasteiger partial charge in [-0.25, -0.2) is 0 Å². The van der Waals surface area contributed by atoms with E-state index in [0.29, 0.717) is 26.2 Å². The van der Waals surface area contributed by atoms with Gasteiger partial charge in [0, 0.05) is 31.7 Å². The Kier molecular flexibility index (Phi) is 7.26. The molecule has 1 aliphatic rings. The van der Waals surface area contributed by atoms with Crippen LogP contribution in [-0.4, -0.2) is 71.0 Å². The van der Waals surface area contributed by atoms with E-state index in [1.165, 1.54) is 0 Å². The van der Waals surface area contributed by atoms with Crippen LogP contribution in [0.2, 0.25) is 0 Å². The van der Waals surface area contributed by atoms with Crippen LogP contribution < -0.4 is 5.32 Å². The third-order valence-electron chi connectivity index (χ3n) is 4.84. The van der Waals surface area contributed by atoms with Crippen molar-refractivity contribution >= 4 is 11.8 Å². The van der Waals surface area contributed by atoms with Gasteiger partial charge in [0.1, 0.15) is 0 Å². The van der Waals surface area contributed by atoms with Crippen LogP contribution in [0.4, 0.5) is 0 Å². The van der Waals surface area contributed by atoms with Gasteiger partial charge in [-0.05, 0) is 37.2 Å². The van der Waals surface area contributed by atoms with Gasteiger partial charge in [-0.2, -0.15) is 0 Å². The lowest BCUT2D eigenvalue weighted by atomic mass is 10.2. The molecule has 1 fully saturated rings. The molecular formula is C21H27N5O3. The smallest absolute Gasteiger partial charge is 0.251 e. The molecule has 1 unspecified atom stereocenters. The fraction of sp³-hybridized carbons (Fsp3) is 0.429. The van der Waals surface area contributed by atoms with Crippen molar-refractivity contribution in [1.29, 1.82) is 0 Å². The third-order valence-corrected chi connectivity index (χ3v) is 4.84. The SMILES string of the molecule is Cc1cccnc1CNC(=O)C1CN(C(=O)CN(C)Cc2cccnc2)CCO1. The van der Waals surface area contributed by atoms with Crippen LogP contribution in [0.1, 0.15) is 16.8 Å². The fourth-order valence-corrected chi connectivity index (χ4v) is 3.21. The minimum absolute atomic E-state index is 0.0157. The maximum Gasteiger partial charge on any atom is 0.251 e. The highest BCUT2D eigenvalue weighted by molar-refractivity contribution is 5.83. The maximum atomic E-state index is 12.7. The van der Waals surface area contributed by atoms with E-state index in [9.17, 15) is 9.59 Å². The molecule has 0 aromatic carbocycles. The number of likely N-dealkylation sites (N-methyl/N-ethyl adjacent to an activating group) is 1. The van der Waals surface area contributed by atoms with Crippen LogP contribution in [0, 0.1) is 6.92 Å². The summed E-state index contributed by atoms with van der Waals surface area (Å²) in [6.07, 6.45) is 4.55. The highest BCUT2D eigenvalue weighted by Crippen LogP contribution is 2.09. The van der Waals surface area contributed by atoms with Crippen molar-refractivity contribution in [3.8, 4) is 0 Å². The number of ether oxygens (including phenoxy) is 1. The summed E-state index contributed by atoms with van der Waals surface area (Å²) >= 11 is 0. The Hall–Kier alpha value is -2.84. The van der Waals surface area contributed by atoms with E-state index in [-0.39, 0.29) is 24.9 Å². The van der Waals surface area contributed by atoms with Gasteiger partial charge in [-0.15, -0.1) is 0 Å². The zero-order valence-corrected chi connectivity index (χ0v) is 16.9. The number of pyridine rings is 2. The summed E-state index contributed by atoms with van der Waals surface area (Å²) in [5.74, 6) is -0.241. The molecule has 1 saturated heterocycles. The van der Waals surface area contributed by atoms with Crippen molar-refractivity contribution in [1.82, 2.24) is 25.1 Å². The molecule has 154 valence electrons. The van der Waals surface area contributed by atoms with Gasteiger partial charge in [0.05, 0.1) is 31.9 Å². The van der Waals surface area contributed by atoms with E-state index in [0.717, 1.165) is 16.8 Å². The number of carbonyl (C=O) groups is 2. The average Bonchev–Trinajstić information content (AvgIpc) is 2.73. The highest BCUT2D eigenvalue weighted by Gasteiger charge is 2.29. The van der Waals surface area contributed by atoms with E-state index < -0.39 is 6.10 Å². The summed E-state index contributed by atoms with van der Waals surface area (Å²) in [6, 6.07) is 7.67. The first kappa shape index (κ1) is 20.9. The second kappa shape index (κ2) is 10.1. The minimum Gasteiger partial charge on any atom is -0.365 e. The van der Waals surface area contributed by atoms with Crippen molar-refractivity contribution in [2.75, 3.05) is 33.3 Å². The second-order valence-corrected chi connectivity index (χ2v) is 7.22. The number of aryl methyl sites for hydroxylation is 1. The lowest BCUT2D eigenvalue weighted by Crippen LogP contribution is -2.53. The zero-order chi connectivity index (χ0) is 20.6. The molecule has 0 saturated carbocycles. The van der Waals surface area contributed by atoms with E-state index in [2.05, 4.69) is 15.3 Å². The standard InChI is InChI=1S/C21H27N5O3/c1-16-5-3-8-23-18(16)12-24-21(28)19-14-26(9-10-29-19)20(27)15-25(2)13-17-6-4-7-22-11-17/h3-8,11,19H,9-10,12-15H2,1-2H3,(H,24,28). The molecule has 0 aliphatic carbocycles. The Bertz CT molecular complexity index is 830. The van der Waals surface area contributed by atoms with E-state index in [1.807, 2.05) is 43.1 Å². The van der Waals surface area contributed by atoms with Gasteiger partial charge in [-0.3, -0.25) is 24.5 Å². The summed E-state index contributed by atoms with van der Waals surface area (Å²) in [6.45, 7) is 4.29. The first-order valence-electron chi connectivity index (χ1n) is 9.68. The molecule has 1 aliphatic heterocycles. The Morgan fingerprint density at radius 2 is 2.14 bits per heavy atom. The monoisotopic (exact) mass is 397 g/mol. The number of amides is 2. The Morgan fingerprint density at radius 3 is 2.90 bits per heavy atom. The normalized spacial score (nSPS) is 16.7. The van der Waals surface area contributed by atoms with Crippen LogP contribution in [-0.2, 0) is 27.4 Å². The molecular weight excluding hydrogens is 370 g/mol. The molecule has 0 bridgehead atoms. The lowest BCUT2D eigenvalue weighted by molar-refractivity contribution is -0.147.